The Morgan fingerprint density at radius 1 is 1.25 bits per heavy atom. The van der Waals surface area contributed by atoms with Crippen LogP contribution in [0.3, 0.4) is 0 Å². The normalized spacial score (nSPS) is 21.6. The molecule has 1 aromatic rings. The van der Waals surface area contributed by atoms with Gasteiger partial charge in [0.05, 0.1) is 6.61 Å². The maximum atomic E-state index is 5.75. The summed E-state index contributed by atoms with van der Waals surface area (Å²) in [5.74, 6) is 0.905. The van der Waals surface area contributed by atoms with Crippen molar-refractivity contribution in [1.82, 2.24) is 9.80 Å². The molecule has 2 rings (SSSR count). The summed E-state index contributed by atoms with van der Waals surface area (Å²) < 4.78 is 5.75. The van der Waals surface area contributed by atoms with Gasteiger partial charge in [-0.3, -0.25) is 4.90 Å². The molecule has 1 aliphatic rings. The Kier molecular flexibility index (Phi) is 5.68. The minimum Gasteiger partial charge on any atom is -0.494 e. The smallest absolute Gasteiger partial charge is 0.119 e. The van der Waals surface area contributed by atoms with Crippen LogP contribution in [0.15, 0.2) is 24.3 Å². The SMILES string of the molecule is CC1CN(C)CCCN1CCCOc1ccc(N)cc1. The number of nitrogens with zero attached hydrogens (tertiary/aromatic N) is 2. The van der Waals surface area contributed by atoms with E-state index in [1.807, 2.05) is 24.3 Å². The Labute approximate surface area is 122 Å². The summed E-state index contributed by atoms with van der Waals surface area (Å²) in [6.07, 6.45) is 2.33. The molecule has 0 saturated carbocycles. The fourth-order valence-electron chi connectivity index (χ4n) is 2.78. The van der Waals surface area contributed by atoms with Crippen LogP contribution in [-0.4, -0.2) is 55.7 Å². The quantitative estimate of drug-likeness (QED) is 0.661. The molecule has 4 nitrogen and oxygen atoms in total. The summed E-state index contributed by atoms with van der Waals surface area (Å²) in [5.41, 5.74) is 6.43. The van der Waals surface area contributed by atoms with E-state index < -0.39 is 0 Å². The molecule has 1 aliphatic heterocycles. The molecule has 1 atom stereocenters. The highest BCUT2D eigenvalue weighted by molar-refractivity contribution is 5.41. The molecule has 4 heteroatoms. The number of hydrogen-bond donors (Lipinski definition) is 1. The summed E-state index contributed by atoms with van der Waals surface area (Å²) in [7, 11) is 2.21. The summed E-state index contributed by atoms with van der Waals surface area (Å²) in [6, 6.07) is 8.25. The van der Waals surface area contributed by atoms with E-state index in [0.717, 1.165) is 31.0 Å². The molecular weight excluding hydrogens is 250 g/mol. The molecule has 0 radical (unpaired) electrons. The van der Waals surface area contributed by atoms with E-state index in [4.69, 9.17) is 10.5 Å². The number of benzene rings is 1. The van der Waals surface area contributed by atoms with Gasteiger partial charge < -0.3 is 15.4 Å². The fourth-order valence-corrected chi connectivity index (χ4v) is 2.78. The van der Waals surface area contributed by atoms with E-state index in [1.165, 1.54) is 26.1 Å². The Hall–Kier alpha value is -1.26. The van der Waals surface area contributed by atoms with Gasteiger partial charge in [-0.1, -0.05) is 0 Å². The maximum Gasteiger partial charge on any atom is 0.119 e. The van der Waals surface area contributed by atoms with Gasteiger partial charge in [-0.2, -0.15) is 0 Å². The fraction of sp³-hybridized carbons (Fsp3) is 0.625. The summed E-state index contributed by atoms with van der Waals surface area (Å²) in [6.45, 7) is 7.78. The van der Waals surface area contributed by atoms with Crippen LogP contribution in [0.25, 0.3) is 0 Å². The molecule has 2 N–H and O–H groups in total. The highest BCUT2D eigenvalue weighted by Gasteiger charge is 2.18. The van der Waals surface area contributed by atoms with Gasteiger partial charge in [0, 0.05) is 24.8 Å². The molecule has 1 saturated heterocycles. The van der Waals surface area contributed by atoms with Crippen molar-refractivity contribution in [1.29, 1.82) is 0 Å². The molecule has 0 aliphatic carbocycles. The first kappa shape index (κ1) is 15.1. The second-order valence-electron chi connectivity index (χ2n) is 5.77. The zero-order valence-corrected chi connectivity index (χ0v) is 12.7. The standard InChI is InChI=1S/C16H27N3O/c1-14-13-18(2)9-3-10-19(14)11-4-12-20-16-7-5-15(17)6-8-16/h5-8,14H,3-4,9-13,17H2,1-2H3. The van der Waals surface area contributed by atoms with Gasteiger partial charge in [0.2, 0.25) is 0 Å². The molecule has 112 valence electrons. The van der Waals surface area contributed by atoms with Crippen LogP contribution in [-0.2, 0) is 0 Å². The van der Waals surface area contributed by atoms with Gasteiger partial charge in [0.25, 0.3) is 0 Å². The Morgan fingerprint density at radius 3 is 2.75 bits per heavy atom. The van der Waals surface area contributed by atoms with E-state index in [9.17, 15) is 0 Å². The lowest BCUT2D eigenvalue weighted by molar-refractivity contribution is 0.185. The number of likely N-dealkylation sites (N-methyl/N-ethyl adjacent to an activating group) is 1. The van der Waals surface area contributed by atoms with Crippen LogP contribution in [0.2, 0.25) is 0 Å². The second kappa shape index (κ2) is 7.50. The Bertz CT molecular complexity index is 393. The van der Waals surface area contributed by atoms with E-state index in [-0.39, 0.29) is 0 Å². The van der Waals surface area contributed by atoms with Gasteiger partial charge in [-0.25, -0.2) is 0 Å². The van der Waals surface area contributed by atoms with Crippen LogP contribution < -0.4 is 10.5 Å². The number of rotatable bonds is 5. The van der Waals surface area contributed by atoms with Gasteiger partial charge in [0.1, 0.15) is 5.75 Å². The molecule has 1 fully saturated rings. The van der Waals surface area contributed by atoms with E-state index in [0.29, 0.717) is 6.04 Å². The third kappa shape index (κ3) is 4.69. The lowest BCUT2D eigenvalue weighted by atomic mass is 10.2. The minimum atomic E-state index is 0.638. The van der Waals surface area contributed by atoms with Crippen molar-refractivity contribution in [3.63, 3.8) is 0 Å². The largest absolute Gasteiger partial charge is 0.494 e. The predicted molar refractivity (Wildman–Crippen MR) is 84.1 cm³/mol. The van der Waals surface area contributed by atoms with Crippen LogP contribution >= 0.6 is 0 Å². The Morgan fingerprint density at radius 2 is 2.00 bits per heavy atom. The van der Waals surface area contributed by atoms with Crippen molar-refractivity contribution < 1.29 is 4.74 Å². The third-order valence-corrected chi connectivity index (χ3v) is 3.92. The average Bonchev–Trinajstić information content (AvgIpc) is 2.58. The van der Waals surface area contributed by atoms with Gasteiger partial charge in [0.15, 0.2) is 0 Å². The summed E-state index contributed by atoms with van der Waals surface area (Å²) in [5, 5.41) is 0. The van der Waals surface area contributed by atoms with Crippen LogP contribution in [0.1, 0.15) is 19.8 Å². The molecule has 0 bridgehead atoms. The minimum absolute atomic E-state index is 0.638. The van der Waals surface area contributed by atoms with Crippen LogP contribution in [0.4, 0.5) is 5.69 Å². The number of ether oxygens (including phenoxy) is 1. The number of hydrogen-bond acceptors (Lipinski definition) is 4. The van der Waals surface area contributed by atoms with Crippen molar-refractivity contribution in [3.05, 3.63) is 24.3 Å². The molecule has 0 aromatic heterocycles. The highest BCUT2D eigenvalue weighted by atomic mass is 16.5. The van der Waals surface area contributed by atoms with Crippen molar-refractivity contribution in [2.75, 3.05) is 45.6 Å². The zero-order chi connectivity index (χ0) is 14.4. The third-order valence-electron chi connectivity index (χ3n) is 3.92. The molecule has 1 heterocycles. The lowest BCUT2D eigenvalue weighted by Gasteiger charge is -2.27. The number of anilines is 1. The van der Waals surface area contributed by atoms with E-state index in [1.54, 1.807) is 0 Å². The zero-order valence-electron chi connectivity index (χ0n) is 12.7. The first-order valence-corrected chi connectivity index (χ1v) is 7.56. The van der Waals surface area contributed by atoms with Gasteiger partial charge in [-0.15, -0.1) is 0 Å². The van der Waals surface area contributed by atoms with Gasteiger partial charge in [-0.05, 0) is 64.2 Å². The lowest BCUT2D eigenvalue weighted by Crippen LogP contribution is -2.38. The van der Waals surface area contributed by atoms with Crippen molar-refractivity contribution in [2.45, 2.75) is 25.8 Å². The average molecular weight is 277 g/mol. The van der Waals surface area contributed by atoms with Crippen LogP contribution in [0, 0.1) is 0 Å². The van der Waals surface area contributed by atoms with Gasteiger partial charge >= 0.3 is 0 Å². The van der Waals surface area contributed by atoms with E-state index >= 15 is 0 Å². The molecule has 0 amide bonds. The second-order valence-corrected chi connectivity index (χ2v) is 5.77. The number of nitrogen functional groups attached to an aromatic ring is 1. The summed E-state index contributed by atoms with van der Waals surface area (Å²) >= 11 is 0. The van der Waals surface area contributed by atoms with E-state index in [2.05, 4.69) is 23.8 Å². The molecular formula is C16H27N3O. The molecule has 1 unspecified atom stereocenters. The molecule has 0 spiro atoms. The highest BCUT2D eigenvalue weighted by Crippen LogP contribution is 2.14. The van der Waals surface area contributed by atoms with Crippen LogP contribution in [0.5, 0.6) is 5.75 Å². The predicted octanol–water partition coefficient (Wildman–Crippen LogP) is 2.06. The number of nitrogens with two attached hydrogens (primary N) is 1. The Balaban J connectivity index is 1.68. The first-order valence-electron chi connectivity index (χ1n) is 7.56. The molecule has 20 heavy (non-hydrogen) atoms. The van der Waals surface area contributed by atoms with Crippen molar-refractivity contribution in [3.8, 4) is 5.75 Å². The van der Waals surface area contributed by atoms with Crippen molar-refractivity contribution in [2.24, 2.45) is 0 Å². The first-order chi connectivity index (χ1) is 9.65. The monoisotopic (exact) mass is 277 g/mol. The maximum absolute atomic E-state index is 5.75. The topological polar surface area (TPSA) is 41.7 Å². The van der Waals surface area contributed by atoms with Crippen molar-refractivity contribution >= 4 is 5.69 Å². The summed E-state index contributed by atoms with van der Waals surface area (Å²) in [4.78, 5) is 5.01. The molecule has 1 aromatic carbocycles.